The monoisotopic (exact) mass is 328 g/mol. The molecule has 0 aliphatic heterocycles. The molecular weight excluding hydrogens is 312 g/mol. The second kappa shape index (κ2) is 5.61. The summed E-state index contributed by atoms with van der Waals surface area (Å²) in [5.74, 6) is 0. The maximum atomic E-state index is 11.7. The molecule has 1 aromatic heterocycles. The highest BCUT2D eigenvalue weighted by atomic mass is 79.9. The van der Waals surface area contributed by atoms with Crippen LogP contribution in [-0.2, 0) is 11.8 Å². The minimum Gasteiger partial charge on any atom is -0.444 e. The third-order valence-corrected chi connectivity index (χ3v) is 3.06. The Morgan fingerprint density at radius 1 is 1.58 bits per heavy atom. The molecule has 0 spiro atoms. The average molecular weight is 329 g/mol. The summed E-state index contributed by atoms with van der Waals surface area (Å²) >= 11 is 3.32. The number of carbonyl (C=O) groups excluding carboxylic acids is 1. The lowest BCUT2D eigenvalue weighted by atomic mass is 10.2. The van der Waals surface area contributed by atoms with Gasteiger partial charge in [-0.05, 0) is 43.6 Å². The first-order valence-corrected chi connectivity index (χ1v) is 6.57. The van der Waals surface area contributed by atoms with Crippen molar-refractivity contribution >= 4 is 22.0 Å². The maximum Gasteiger partial charge on any atom is 0.408 e. The van der Waals surface area contributed by atoms with Crippen molar-refractivity contribution in [1.29, 1.82) is 5.26 Å². The fraction of sp³-hybridized carbons (Fsp3) is 0.583. The van der Waals surface area contributed by atoms with Crippen molar-refractivity contribution in [1.82, 2.24) is 15.1 Å². The van der Waals surface area contributed by atoms with Crippen LogP contribution < -0.4 is 5.32 Å². The number of aromatic nitrogens is 2. The summed E-state index contributed by atoms with van der Waals surface area (Å²) in [6, 6.07) is 1.65. The van der Waals surface area contributed by atoms with Crippen molar-refractivity contribution in [3.63, 3.8) is 0 Å². The van der Waals surface area contributed by atoms with E-state index in [1.807, 2.05) is 6.07 Å². The van der Waals surface area contributed by atoms with E-state index in [2.05, 4.69) is 26.3 Å². The lowest BCUT2D eigenvalue weighted by Crippen LogP contribution is -2.34. The lowest BCUT2D eigenvalue weighted by molar-refractivity contribution is 0.0506. The van der Waals surface area contributed by atoms with Crippen molar-refractivity contribution in [3.8, 4) is 6.07 Å². The molecule has 1 rings (SSSR count). The third kappa shape index (κ3) is 3.96. The summed E-state index contributed by atoms with van der Waals surface area (Å²) in [6.45, 7) is 7.19. The van der Waals surface area contributed by atoms with E-state index in [1.54, 1.807) is 39.4 Å². The van der Waals surface area contributed by atoms with Gasteiger partial charge >= 0.3 is 6.09 Å². The number of rotatable bonds is 2. The van der Waals surface area contributed by atoms with Gasteiger partial charge in [0.15, 0.2) is 5.69 Å². The number of nitrogens with one attached hydrogen (secondary N) is 1. The normalized spacial score (nSPS) is 12.7. The van der Waals surface area contributed by atoms with E-state index in [-0.39, 0.29) is 11.7 Å². The first kappa shape index (κ1) is 15.5. The average Bonchev–Trinajstić information content (AvgIpc) is 2.50. The Labute approximate surface area is 120 Å². The molecule has 0 saturated carbocycles. The van der Waals surface area contributed by atoms with Crippen molar-refractivity contribution in [2.24, 2.45) is 7.05 Å². The number of hydrogen-bond donors (Lipinski definition) is 1. The number of nitriles is 1. The van der Waals surface area contributed by atoms with Crippen LogP contribution in [-0.4, -0.2) is 21.5 Å². The van der Waals surface area contributed by atoms with Crippen molar-refractivity contribution in [2.45, 2.75) is 39.3 Å². The molecule has 0 radical (unpaired) electrons. The summed E-state index contributed by atoms with van der Waals surface area (Å²) in [5.41, 5.74) is 0.448. The molecule has 0 saturated heterocycles. The second-order valence-electron chi connectivity index (χ2n) is 5.15. The van der Waals surface area contributed by atoms with E-state index >= 15 is 0 Å². The second-order valence-corrected chi connectivity index (χ2v) is 5.94. The Hall–Kier alpha value is -1.55. The van der Waals surface area contributed by atoms with Crippen LogP contribution in [0.1, 0.15) is 45.1 Å². The molecule has 1 heterocycles. The zero-order valence-corrected chi connectivity index (χ0v) is 13.2. The van der Waals surface area contributed by atoms with Crippen LogP contribution in [0.15, 0.2) is 4.47 Å². The van der Waals surface area contributed by atoms with Gasteiger partial charge in [-0.25, -0.2) is 4.79 Å². The van der Waals surface area contributed by atoms with E-state index in [1.165, 1.54) is 0 Å². The van der Waals surface area contributed by atoms with E-state index in [9.17, 15) is 4.79 Å². The van der Waals surface area contributed by atoms with Crippen LogP contribution in [0.3, 0.4) is 0 Å². The molecule has 6 nitrogen and oxygen atoms in total. The van der Waals surface area contributed by atoms with Gasteiger partial charge in [-0.1, -0.05) is 0 Å². The number of alkyl carbamates (subject to hydrolysis) is 1. The van der Waals surface area contributed by atoms with E-state index < -0.39 is 11.7 Å². The van der Waals surface area contributed by atoms with Crippen molar-refractivity contribution in [3.05, 3.63) is 15.9 Å². The Morgan fingerprint density at radius 2 is 2.16 bits per heavy atom. The molecule has 1 atom stereocenters. The number of carbonyl (C=O) groups is 1. The molecule has 19 heavy (non-hydrogen) atoms. The molecule has 1 N–H and O–H groups in total. The van der Waals surface area contributed by atoms with Gasteiger partial charge in [0.05, 0.1) is 16.2 Å². The minimum absolute atomic E-state index is 0.287. The first-order valence-electron chi connectivity index (χ1n) is 5.77. The molecule has 1 amide bonds. The van der Waals surface area contributed by atoms with E-state index in [0.29, 0.717) is 10.2 Å². The highest BCUT2D eigenvalue weighted by Crippen LogP contribution is 2.26. The van der Waals surface area contributed by atoms with E-state index in [0.717, 1.165) is 0 Å². The molecule has 104 valence electrons. The number of ether oxygens (including phenoxy) is 1. The summed E-state index contributed by atoms with van der Waals surface area (Å²) in [5, 5.41) is 15.7. The zero-order chi connectivity index (χ0) is 14.8. The largest absolute Gasteiger partial charge is 0.444 e. The number of aryl methyl sites for hydroxylation is 1. The SMILES string of the molecule is CC(NC(=O)OC(C)(C)C)c1c(Br)c(C#N)nn1C. The van der Waals surface area contributed by atoms with E-state index in [4.69, 9.17) is 10.00 Å². The Bertz CT molecular complexity index is 525. The van der Waals surface area contributed by atoms with Gasteiger partial charge in [-0.3, -0.25) is 4.68 Å². The van der Waals surface area contributed by atoms with Crippen LogP contribution in [0.2, 0.25) is 0 Å². The van der Waals surface area contributed by atoms with Gasteiger partial charge in [0.2, 0.25) is 0 Å². The predicted octanol–water partition coefficient (Wildman–Crippen LogP) is 2.64. The fourth-order valence-electron chi connectivity index (χ4n) is 1.61. The highest BCUT2D eigenvalue weighted by molar-refractivity contribution is 9.10. The first-order chi connectivity index (χ1) is 8.65. The number of hydrogen-bond acceptors (Lipinski definition) is 4. The molecule has 0 aliphatic rings. The molecule has 1 aromatic rings. The van der Waals surface area contributed by atoms with Gasteiger partial charge in [0.1, 0.15) is 11.7 Å². The topological polar surface area (TPSA) is 79.9 Å². The van der Waals surface area contributed by atoms with Gasteiger partial charge in [0, 0.05) is 7.05 Å². The standard InChI is InChI=1S/C12H17BrN4O2/c1-7(15-11(18)19-12(2,3)4)10-9(13)8(6-14)16-17(10)5/h7H,1-5H3,(H,15,18). The number of halogens is 1. The van der Waals surface area contributed by atoms with Crippen LogP contribution in [0.5, 0.6) is 0 Å². The third-order valence-electron chi connectivity index (χ3n) is 2.28. The Balaban J connectivity index is 2.85. The zero-order valence-electron chi connectivity index (χ0n) is 11.6. The molecule has 1 unspecified atom stereocenters. The van der Waals surface area contributed by atoms with Crippen molar-refractivity contribution in [2.75, 3.05) is 0 Å². The van der Waals surface area contributed by atoms with Gasteiger partial charge in [-0.15, -0.1) is 0 Å². The fourth-order valence-corrected chi connectivity index (χ4v) is 2.37. The predicted molar refractivity (Wildman–Crippen MR) is 73.4 cm³/mol. The summed E-state index contributed by atoms with van der Waals surface area (Å²) in [6.07, 6.45) is -0.508. The maximum absolute atomic E-state index is 11.7. The number of amides is 1. The Kier molecular flexibility index (Phi) is 4.58. The van der Waals surface area contributed by atoms with Crippen LogP contribution in [0.25, 0.3) is 0 Å². The van der Waals surface area contributed by atoms with Crippen molar-refractivity contribution < 1.29 is 9.53 Å². The van der Waals surface area contributed by atoms with Crippen LogP contribution in [0, 0.1) is 11.3 Å². The smallest absolute Gasteiger partial charge is 0.408 e. The molecule has 0 aromatic carbocycles. The molecule has 7 heteroatoms. The molecule has 0 fully saturated rings. The molecule has 0 bridgehead atoms. The number of nitrogens with zero attached hydrogens (tertiary/aromatic N) is 3. The quantitative estimate of drug-likeness (QED) is 0.904. The summed E-state index contributed by atoms with van der Waals surface area (Å²) in [4.78, 5) is 11.7. The highest BCUT2D eigenvalue weighted by Gasteiger charge is 2.23. The summed E-state index contributed by atoms with van der Waals surface area (Å²) in [7, 11) is 1.72. The van der Waals surface area contributed by atoms with Gasteiger partial charge in [0.25, 0.3) is 0 Å². The summed E-state index contributed by atoms with van der Waals surface area (Å²) < 4.78 is 7.33. The minimum atomic E-state index is -0.550. The lowest BCUT2D eigenvalue weighted by Gasteiger charge is -2.22. The Morgan fingerprint density at radius 3 is 2.58 bits per heavy atom. The van der Waals surface area contributed by atoms with Crippen LogP contribution >= 0.6 is 15.9 Å². The molecule has 0 aliphatic carbocycles. The van der Waals surface area contributed by atoms with Gasteiger partial charge in [-0.2, -0.15) is 10.4 Å². The molecular formula is C12H17BrN4O2. The van der Waals surface area contributed by atoms with Crippen LogP contribution in [0.4, 0.5) is 4.79 Å². The van der Waals surface area contributed by atoms with Gasteiger partial charge < -0.3 is 10.1 Å².